The van der Waals surface area contributed by atoms with Crippen LogP contribution in [0.4, 0.5) is 0 Å². The number of aliphatic carboxylic acids is 1. The molecule has 0 amide bonds. The average molecular weight is 272 g/mol. The number of rotatable bonds is 3. The van der Waals surface area contributed by atoms with Crippen molar-refractivity contribution in [1.82, 2.24) is 0 Å². The van der Waals surface area contributed by atoms with Crippen molar-refractivity contribution in [3.05, 3.63) is 53.6 Å². The van der Waals surface area contributed by atoms with E-state index in [1.54, 1.807) is 6.08 Å². The van der Waals surface area contributed by atoms with Crippen molar-refractivity contribution < 1.29 is 19.4 Å². The van der Waals surface area contributed by atoms with Crippen LogP contribution in [0.15, 0.2) is 48.1 Å². The molecule has 20 heavy (non-hydrogen) atoms. The fourth-order valence-corrected chi connectivity index (χ4v) is 2.46. The van der Waals surface area contributed by atoms with Crippen molar-refractivity contribution in [1.29, 1.82) is 0 Å². The van der Waals surface area contributed by atoms with Gasteiger partial charge in [-0.3, -0.25) is 9.59 Å². The molecule has 2 rings (SSSR count). The van der Waals surface area contributed by atoms with E-state index in [9.17, 15) is 14.7 Å². The predicted octanol–water partition coefficient (Wildman–Crippen LogP) is 2.66. The third-order valence-electron chi connectivity index (χ3n) is 3.55. The number of benzene rings is 1. The van der Waals surface area contributed by atoms with Gasteiger partial charge in [0.05, 0.1) is 7.11 Å². The second-order valence-electron chi connectivity index (χ2n) is 4.84. The lowest BCUT2D eigenvalue weighted by Crippen LogP contribution is -2.40. The van der Waals surface area contributed by atoms with Gasteiger partial charge in [-0.2, -0.15) is 0 Å². The van der Waals surface area contributed by atoms with Crippen molar-refractivity contribution in [3.63, 3.8) is 0 Å². The zero-order valence-electron chi connectivity index (χ0n) is 11.4. The van der Waals surface area contributed by atoms with Crippen LogP contribution in [0.1, 0.15) is 18.9 Å². The molecule has 1 unspecified atom stereocenters. The van der Waals surface area contributed by atoms with Crippen molar-refractivity contribution in [2.75, 3.05) is 7.11 Å². The van der Waals surface area contributed by atoms with E-state index in [-0.39, 0.29) is 6.42 Å². The minimum atomic E-state index is -1.61. The molecule has 0 bridgehead atoms. The summed E-state index contributed by atoms with van der Waals surface area (Å²) < 4.78 is 4.65. The molecule has 0 heterocycles. The molecule has 1 atom stereocenters. The van der Waals surface area contributed by atoms with Crippen LogP contribution in [0.5, 0.6) is 0 Å². The highest BCUT2D eigenvalue weighted by Crippen LogP contribution is 2.38. The first-order chi connectivity index (χ1) is 9.51. The van der Waals surface area contributed by atoms with Crippen LogP contribution < -0.4 is 0 Å². The molecule has 0 radical (unpaired) electrons. The maximum Gasteiger partial charge on any atom is 0.327 e. The first-order valence-corrected chi connectivity index (χ1v) is 6.27. The number of methoxy groups -OCH3 is 1. The summed E-state index contributed by atoms with van der Waals surface area (Å²) in [5, 5.41) is 9.39. The highest BCUT2D eigenvalue weighted by atomic mass is 16.5. The van der Waals surface area contributed by atoms with Gasteiger partial charge in [0.2, 0.25) is 0 Å². The first kappa shape index (κ1) is 14.1. The number of hydrogen-bond acceptors (Lipinski definition) is 3. The number of esters is 1. The van der Waals surface area contributed by atoms with Crippen LogP contribution >= 0.6 is 0 Å². The van der Waals surface area contributed by atoms with Crippen LogP contribution in [0.25, 0.3) is 5.57 Å². The highest BCUT2D eigenvalue weighted by molar-refractivity contribution is 6.03. The minimum absolute atomic E-state index is 0.121. The highest BCUT2D eigenvalue weighted by Gasteiger charge is 2.47. The number of carboxylic acid groups (broad SMARTS) is 1. The summed E-state index contributed by atoms with van der Waals surface area (Å²) >= 11 is 0. The summed E-state index contributed by atoms with van der Waals surface area (Å²) in [6.45, 7) is 1.84. The van der Waals surface area contributed by atoms with Crippen molar-refractivity contribution in [3.8, 4) is 0 Å². The van der Waals surface area contributed by atoms with Gasteiger partial charge < -0.3 is 9.84 Å². The molecular formula is C16H16O4. The SMILES string of the molecule is COC(=O)C1(C(=O)O)C=CC(c2ccccc2)=C(C)C1. The lowest BCUT2D eigenvalue weighted by molar-refractivity contribution is -0.162. The van der Waals surface area contributed by atoms with E-state index in [4.69, 9.17) is 0 Å². The quantitative estimate of drug-likeness (QED) is 0.678. The van der Waals surface area contributed by atoms with Gasteiger partial charge in [0.15, 0.2) is 5.41 Å². The van der Waals surface area contributed by atoms with E-state index >= 15 is 0 Å². The smallest absolute Gasteiger partial charge is 0.327 e. The molecule has 0 spiro atoms. The Kier molecular flexibility index (Phi) is 3.74. The number of ether oxygens (including phenoxy) is 1. The molecule has 4 nitrogen and oxygen atoms in total. The van der Waals surface area contributed by atoms with Gasteiger partial charge in [0.25, 0.3) is 0 Å². The van der Waals surface area contributed by atoms with Gasteiger partial charge in [-0.15, -0.1) is 0 Å². The topological polar surface area (TPSA) is 63.6 Å². The first-order valence-electron chi connectivity index (χ1n) is 6.27. The Hall–Kier alpha value is -2.36. The second-order valence-corrected chi connectivity index (χ2v) is 4.84. The maximum absolute atomic E-state index is 11.8. The fourth-order valence-electron chi connectivity index (χ4n) is 2.46. The van der Waals surface area contributed by atoms with Gasteiger partial charge in [-0.1, -0.05) is 48.1 Å². The Bertz CT molecular complexity index is 598. The van der Waals surface area contributed by atoms with Crippen LogP contribution in [0.3, 0.4) is 0 Å². The van der Waals surface area contributed by atoms with Gasteiger partial charge in [-0.05, 0) is 24.5 Å². The summed E-state index contributed by atoms with van der Waals surface area (Å²) in [6.07, 6.45) is 3.24. The molecule has 4 heteroatoms. The summed E-state index contributed by atoms with van der Waals surface area (Å²) in [7, 11) is 1.20. The Morgan fingerprint density at radius 2 is 1.90 bits per heavy atom. The van der Waals surface area contributed by atoms with E-state index in [2.05, 4.69) is 4.74 Å². The molecular weight excluding hydrogens is 256 g/mol. The normalized spacial score (nSPS) is 21.7. The number of allylic oxidation sites excluding steroid dienone is 3. The zero-order valence-corrected chi connectivity index (χ0v) is 11.4. The Balaban J connectivity index is 2.42. The molecule has 0 saturated heterocycles. The third-order valence-corrected chi connectivity index (χ3v) is 3.55. The standard InChI is InChI=1S/C16H16O4/c1-11-10-16(14(17)18,15(19)20-2)9-8-13(11)12-6-4-3-5-7-12/h3-9H,10H2,1-2H3,(H,17,18). The van der Waals surface area contributed by atoms with Crippen LogP contribution in [-0.2, 0) is 14.3 Å². The van der Waals surface area contributed by atoms with Gasteiger partial charge in [0.1, 0.15) is 0 Å². The van der Waals surface area contributed by atoms with E-state index < -0.39 is 17.4 Å². The zero-order chi connectivity index (χ0) is 14.8. The molecule has 0 fully saturated rings. The molecule has 1 aromatic rings. The summed E-state index contributed by atoms with van der Waals surface area (Å²) in [5.41, 5.74) is 1.19. The largest absolute Gasteiger partial charge is 0.480 e. The van der Waals surface area contributed by atoms with E-state index in [0.717, 1.165) is 16.7 Å². The maximum atomic E-state index is 11.8. The lowest BCUT2D eigenvalue weighted by atomic mass is 9.75. The number of carbonyl (C=O) groups excluding carboxylic acids is 1. The molecule has 0 aromatic heterocycles. The van der Waals surface area contributed by atoms with Gasteiger partial charge in [0, 0.05) is 0 Å². The van der Waals surface area contributed by atoms with Gasteiger partial charge >= 0.3 is 11.9 Å². The molecule has 0 aliphatic heterocycles. The number of carboxylic acids is 1. The molecule has 1 aliphatic rings. The molecule has 1 N–H and O–H groups in total. The van der Waals surface area contributed by atoms with Gasteiger partial charge in [-0.25, -0.2) is 0 Å². The number of carbonyl (C=O) groups is 2. The lowest BCUT2D eigenvalue weighted by Gasteiger charge is -2.28. The summed E-state index contributed by atoms with van der Waals surface area (Å²) in [5.74, 6) is -1.93. The Morgan fingerprint density at radius 1 is 1.25 bits per heavy atom. The van der Waals surface area contributed by atoms with Crippen molar-refractivity contribution in [2.24, 2.45) is 5.41 Å². The predicted molar refractivity (Wildman–Crippen MR) is 74.9 cm³/mol. The van der Waals surface area contributed by atoms with Crippen LogP contribution in [0, 0.1) is 5.41 Å². The van der Waals surface area contributed by atoms with Crippen molar-refractivity contribution >= 4 is 17.5 Å². The Labute approximate surface area is 117 Å². The molecule has 104 valence electrons. The van der Waals surface area contributed by atoms with Crippen LogP contribution in [0.2, 0.25) is 0 Å². The monoisotopic (exact) mass is 272 g/mol. The third kappa shape index (κ3) is 2.25. The molecule has 1 aromatic carbocycles. The van der Waals surface area contributed by atoms with E-state index in [0.29, 0.717) is 0 Å². The van der Waals surface area contributed by atoms with Crippen molar-refractivity contribution in [2.45, 2.75) is 13.3 Å². The molecule has 0 saturated carbocycles. The minimum Gasteiger partial charge on any atom is -0.480 e. The fraction of sp³-hybridized carbons (Fsp3) is 0.250. The van der Waals surface area contributed by atoms with E-state index in [1.165, 1.54) is 13.2 Å². The van der Waals surface area contributed by atoms with E-state index in [1.807, 2.05) is 37.3 Å². The average Bonchev–Trinajstić information content (AvgIpc) is 2.46. The summed E-state index contributed by atoms with van der Waals surface area (Å²) in [6, 6.07) is 9.66. The molecule has 1 aliphatic carbocycles. The number of hydrogen-bond donors (Lipinski definition) is 1. The second kappa shape index (κ2) is 5.33. The van der Waals surface area contributed by atoms with Crippen LogP contribution in [-0.4, -0.2) is 24.2 Å². The summed E-state index contributed by atoms with van der Waals surface area (Å²) in [4.78, 5) is 23.3. The Morgan fingerprint density at radius 3 is 2.40 bits per heavy atom.